The molecule has 2 N–H and O–H groups in total. The molecule has 3 aromatic heterocycles. The summed E-state index contributed by atoms with van der Waals surface area (Å²) < 4.78 is 5.99. The number of ether oxygens (including phenoxy) is 1. The largest absolute Gasteiger partial charge is 0.491 e. The van der Waals surface area contributed by atoms with E-state index >= 15 is 0 Å². The minimum atomic E-state index is 0.481. The molecule has 0 amide bonds. The third-order valence-corrected chi connectivity index (χ3v) is 6.82. The molecule has 0 bridgehead atoms. The maximum Gasteiger partial charge on any atom is 0.138 e. The van der Waals surface area contributed by atoms with Crippen molar-refractivity contribution in [3.05, 3.63) is 77.5 Å². The van der Waals surface area contributed by atoms with Gasteiger partial charge in [-0.15, -0.1) is 0 Å². The first-order valence-corrected chi connectivity index (χ1v) is 12.5. The lowest BCUT2D eigenvalue weighted by Crippen LogP contribution is -2.45. The highest BCUT2D eigenvalue weighted by atomic mass is 16.5. The summed E-state index contributed by atoms with van der Waals surface area (Å²) in [5.74, 6) is 0.744. The van der Waals surface area contributed by atoms with E-state index in [0.717, 1.165) is 77.4 Å². The number of pyridine rings is 2. The summed E-state index contributed by atoms with van der Waals surface area (Å²) >= 11 is 0. The van der Waals surface area contributed by atoms with E-state index < -0.39 is 0 Å². The number of nitrogens with zero attached hydrogens (tertiary/aromatic N) is 5. The van der Waals surface area contributed by atoms with Gasteiger partial charge in [0.25, 0.3) is 0 Å². The molecule has 1 fully saturated rings. The quantitative estimate of drug-likeness (QED) is 0.368. The summed E-state index contributed by atoms with van der Waals surface area (Å²) in [5.41, 5.74) is 6.07. The second-order valence-corrected chi connectivity index (χ2v) is 9.35. The average Bonchev–Trinajstić information content (AvgIpc) is 3.41. The van der Waals surface area contributed by atoms with E-state index in [9.17, 15) is 5.26 Å². The van der Waals surface area contributed by atoms with Gasteiger partial charge in [-0.05, 0) is 49.4 Å². The number of anilines is 2. The smallest absolute Gasteiger partial charge is 0.138 e. The van der Waals surface area contributed by atoms with Crippen LogP contribution in [0.5, 0.6) is 5.75 Å². The van der Waals surface area contributed by atoms with E-state index in [2.05, 4.69) is 56.2 Å². The molecule has 5 rings (SSSR count). The van der Waals surface area contributed by atoms with Crippen molar-refractivity contribution in [3.63, 3.8) is 0 Å². The molecule has 8 nitrogen and oxygen atoms in total. The van der Waals surface area contributed by atoms with Crippen LogP contribution in [0.25, 0.3) is 23.1 Å². The van der Waals surface area contributed by atoms with Crippen LogP contribution in [0.1, 0.15) is 22.3 Å². The van der Waals surface area contributed by atoms with Gasteiger partial charge < -0.3 is 19.9 Å². The van der Waals surface area contributed by atoms with E-state index in [1.165, 1.54) is 0 Å². The molecule has 1 aromatic carbocycles. The summed E-state index contributed by atoms with van der Waals surface area (Å²) in [6.07, 6.45) is 12.7. The molecular weight excluding hydrogens is 462 g/mol. The van der Waals surface area contributed by atoms with Crippen molar-refractivity contribution in [3.8, 4) is 11.8 Å². The minimum absolute atomic E-state index is 0.481. The van der Waals surface area contributed by atoms with E-state index in [0.29, 0.717) is 12.2 Å². The Bertz CT molecular complexity index is 1440. The highest BCUT2D eigenvalue weighted by molar-refractivity contribution is 5.90. The van der Waals surface area contributed by atoms with E-state index in [-0.39, 0.29) is 0 Å². The van der Waals surface area contributed by atoms with Crippen molar-refractivity contribution in [2.75, 3.05) is 51.7 Å². The number of piperazine rings is 1. The maximum atomic E-state index is 9.75. The third-order valence-electron chi connectivity index (χ3n) is 6.82. The van der Waals surface area contributed by atoms with E-state index in [1.54, 1.807) is 24.8 Å². The molecule has 0 aliphatic carbocycles. The number of benzene rings is 1. The van der Waals surface area contributed by atoms with Gasteiger partial charge in [0.2, 0.25) is 0 Å². The van der Waals surface area contributed by atoms with Crippen LogP contribution in [-0.2, 0) is 0 Å². The number of aromatic nitrogens is 3. The Balaban J connectivity index is 1.30. The van der Waals surface area contributed by atoms with Crippen LogP contribution in [0.2, 0.25) is 0 Å². The number of nitriles is 1. The summed E-state index contributed by atoms with van der Waals surface area (Å²) in [5, 5.41) is 14.4. The number of nitrogens with one attached hydrogen (secondary N) is 2. The number of rotatable bonds is 8. The lowest BCUT2D eigenvalue weighted by Gasteiger charge is -2.32. The first kappa shape index (κ1) is 24.5. The Labute approximate surface area is 217 Å². The fraction of sp³-hybridized carbons (Fsp3) is 0.276. The predicted molar refractivity (Wildman–Crippen MR) is 148 cm³/mol. The lowest BCUT2D eigenvalue weighted by atomic mass is 10.1. The normalized spacial score (nSPS) is 14.7. The highest BCUT2D eigenvalue weighted by Gasteiger charge is 2.14. The fourth-order valence-electron chi connectivity index (χ4n) is 4.54. The Morgan fingerprint density at radius 3 is 2.76 bits per heavy atom. The number of hydrogen-bond acceptors (Lipinski definition) is 7. The number of H-pyrrole nitrogens is 1. The average molecular weight is 494 g/mol. The SMILES string of the molecule is Cc1c(Nc2c(C#N)cncc2C=Cc2cncc(OCCN3CCN(C)CC3)c2)ccc2[nH]ccc12. The Morgan fingerprint density at radius 1 is 1.08 bits per heavy atom. The number of fused-ring (bicyclic) bond motifs is 1. The molecular formula is C29H31N7O. The number of likely N-dealkylation sites (N-methyl/N-ethyl adjacent to an activating group) is 1. The lowest BCUT2D eigenvalue weighted by molar-refractivity contribution is 0.133. The van der Waals surface area contributed by atoms with Crippen molar-refractivity contribution >= 4 is 34.4 Å². The van der Waals surface area contributed by atoms with Crippen molar-refractivity contribution < 1.29 is 4.74 Å². The van der Waals surface area contributed by atoms with Crippen LogP contribution in [0, 0.1) is 18.3 Å². The topological polar surface area (TPSA) is 93.1 Å². The zero-order valence-electron chi connectivity index (χ0n) is 21.2. The monoisotopic (exact) mass is 493 g/mol. The van der Waals surface area contributed by atoms with Crippen molar-refractivity contribution in [1.29, 1.82) is 5.26 Å². The predicted octanol–water partition coefficient (Wildman–Crippen LogP) is 4.68. The van der Waals surface area contributed by atoms with Crippen molar-refractivity contribution in [2.45, 2.75) is 6.92 Å². The van der Waals surface area contributed by atoms with E-state index in [4.69, 9.17) is 4.74 Å². The van der Waals surface area contributed by atoms with Gasteiger partial charge in [0, 0.05) is 79.7 Å². The van der Waals surface area contributed by atoms with Crippen LogP contribution < -0.4 is 10.1 Å². The molecule has 1 aliphatic rings. The highest BCUT2D eigenvalue weighted by Crippen LogP contribution is 2.31. The Hall–Kier alpha value is -4.19. The third kappa shape index (κ3) is 5.80. The molecule has 1 saturated heterocycles. The van der Waals surface area contributed by atoms with Gasteiger partial charge in [-0.3, -0.25) is 14.9 Å². The Kier molecular flexibility index (Phi) is 7.45. The van der Waals surface area contributed by atoms with Gasteiger partial charge in [0.05, 0.1) is 17.4 Å². The van der Waals surface area contributed by atoms with Crippen LogP contribution in [0.3, 0.4) is 0 Å². The second-order valence-electron chi connectivity index (χ2n) is 9.35. The molecule has 0 unspecified atom stereocenters. The number of aryl methyl sites for hydroxylation is 1. The van der Waals surface area contributed by atoms with Gasteiger partial charge in [-0.25, -0.2) is 0 Å². The zero-order chi connectivity index (χ0) is 25.6. The number of hydrogen-bond donors (Lipinski definition) is 2. The molecule has 37 heavy (non-hydrogen) atoms. The molecule has 4 aromatic rings. The summed E-state index contributed by atoms with van der Waals surface area (Å²) in [6, 6.07) is 10.4. The Morgan fingerprint density at radius 2 is 1.92 bits per heavy atom. The van der Waals surface area contributed by atoms with Crippen LogP contribution >= 0.6 is 0 Å². The molecule has 188 valence electrons. The zero-order valence-corrected chi connectivity index (χ0v) is 21.2. The van der Waals surface area contributed by atoms with Gasteiger partial charge in [0.15, 0.2) is 0 Å². The van der Waals surface area contributed by atoms with Crippen LogP contribution in [0.15, 0.2) is 55.2 Å². The fourth-order valence-corrected chi connectivity index (χ4v) is 4.54. The summed E-state index contributed by atoms with van der Waals surface area (Å²) in [4.78, 5) is 16.6. The van der Waals surface area contributed by atoms with Crippen molar-refractivity contribution in [1.82, 2.24) is 24.8 Å². The molecule has 8 heteroatoms. The first-order valence-electron chi connectivity index (χ1n) is 12.5. The minimum Gasteiger partial charge on any atom is -0.491 e. The van der Waals surface area contributed by atoms with Gasteiger partial charge in [-0.1, -0.05) is 12.2 Å². The van der Waals surface area contributed by atoms with Crippen LogP contribution in [0.4, 0.5) is 11.4 Å². The molecule has 0 atom stereocenters. The summed E-state index contributed by atoms with van der Waals surface area (Å²) in [6.45, 7) is 7.95. The van der Waals surface area contributed by atoms with Gasteiger partial charge in [-0.2, -0.15) is 5.26 Å². The molecule has 4 heterocycles. The second kappa shape index (κ2) is 11.2. The van der Waals surface area contributed by atoms with Crippen LogP contribution in [-0.4, -0.2) is 71.1 Å². The summed E-state index contributed by atoms with van der Waals surface area (Å²) in [7, 11) is 2.16. The first-order chi connectivity index (χ1) is 18.1. The van der Waals surface area contributed by atoms with Crippen molar-refractivity contribution in [2.24, 2.45) is 0 Å². The maximum absolute atomic E-state index is 9.75. The molecule has 1 aliphatic heterocycles. The van der Waals surface area contributed by atoms with Gasteiger partial charge >= 0.3 is 0 Å². The molecule has 0 spiro atoms. The number of aromatic amines is 1. The van der Waals surface area contributed by atoms with E-state index in [1.807, 2.05) is 36.5 Å². The van der Waals surface area contributed by atoms with Gasteiger partial charge in [0.1, 0.15) is 18.4 Å². The molecule has 0 radical (unpaired) electrons. The molecule has 0 saturated carbocycles. The standard InChI is InChI=1S/C29H31N7O/c1-21-26-7-8-33-28(26)6-5-27(21)34-29-23(18-32-19-24(29)16-30)4-3-22-15-25(20-31-17-22)37-14-13-36-11-9-35(2)10-12-36/h3-8,15,17-20,33H,9-14H2,1-2H3,(H,32,34).